The van der Waals surface area contributed by atoms with Crippen LogP contribution in [0.5, 0.6) is 0 Å². The molecule has 0 saturated heterocycles. The van der Waals surface area contributed by atoms with E-state index in [1.54, 1.807) is 4.90 Å². The van der Waals surface area contributed by atoms with Gasteiger partial charge in [-0.1, -0.05) is 0 Å². The summed E-state index contributed by atoms with van der Waals surface area (Å²) < 4.78 is 26.8. The summed E-state index contributed by atoms with van der Waals surface area (Å²) in [5.74, 6) is 0.709. The molecule has 2 aromatic rings. The van der Waals surface area contributed by atoms with E-state index in [1.165, 1.54) is 31.7 Å². The molecule has 34 heavy (non-hydrogen) atoms. The summed E-state index contributed by atoms with van der Waals surface area (Å²) in [6.07, 6.45) is 9.10. The van der Waals surface area contributed by atoms with E-state index >= 15 is 0 Å². The number of aromatic nitrogens is 2. The highest BCUT2D eigenvalue weighted by atomic mass is 19.2. The van der Waals surface area contributed by atoms with Crippen molar-refractivity contribution in [3.8, 4) is 0 Å². The number of nitrogens with one attached hydrogen (secondary N) is 1. The van der Waals surface area contributed by atoms with Gasteiger partial charge in [0.1, 0.15) is 12.1 Å². The first kappa shape index (κ1) is 21.9. The summed E-state index contributed by atoms with van der Waals surface area (Å²) in [4.78, 5) is 23.2. The minimum Gasteiger partial charge on any atom is -0.391 e. The monoisotopic (exact) mass is 468 g/mol. The molecule has 4 bridgehead atoms. The lowest BCUT2D eigenvalue weighted by molar-refractivity contribution is -0.115. The maximum Gasteiger partial charge on any atom is 0.254 e. The zero-order valence-corrected chi connectivity index (χ0v) is 19.1. The molecule has 180 valence electrons. The fourth-order valence-electron chi connectivity index (χ4n) is 7.49. The molecule has 4 saturated carbocycles. The SMILES string of the molecule is O=C(c1ccc(F)c(F)c1)N1CCc2c(ncnc2NCC(O)C23CC4CC(CC(C4)C2)C3)C1. The Bertz CT molecular complexity index is 1090. The Labute approximate surface area is 197 Å². The maximum atomic E-state index is 13.6. The smallest absolute Gasteiger partial charge is 0.254 e. The molecule has 1 aromatic heterocycles. The summed E-state index contributed by atoms with van der Waals surface area (Å²) in [5.41, 5.74) is 1.86. The number of anilines is 1. The number of aliphatic hydroxyl groups is 1. The third kappa shape index (κ3) is 3.76. The van der Waals surface area contributed by atoms with Crippen LogP contribution in [-0.4, -0.2) is 45.1 Å². The van der Waals surface area contributed by atoms with Crippen molar-refractivity contribution in [1.29, 1.82) is 0 Å². The Morgan fingerprint density at radius 1 is 1.12 bits per heavy atom. The first-order valence-electron chi connectivity index (χ1n) is 12.4. The first-order chi connectivity index (χ1) is 16.4. The summed E-state index contributed by atoms with van der Waals surface area (Å²) in [7, 11) is 0. The minimum absolute atomic E-state index is 0.0441. The van der Waals surface area contributed by atoms with E-state index in [0.717, 1.165) is 60.4 Å². The van der Waals surface area contributed by atoms with Crippen LogP contribution < -0.4 is 5.32 Å². The van der Waals surface area contributed by atoms with Gasteiger partial charge in [-0.3, -0.25) is 4.79 Å². The number of hydrogen-bond donors (Lipinski definition) is 2. The fraction of sp³-hybridized carbons (Fsp3) is 0.577. The van der Waals surface area contributed by atoms with E-state index in [4.69, 9.17) is 0 Å². The lowest BCUT2D eigenvalue weighted by atomic mass is 9.48. The number of rotatable bonds is 5. The van der Waals surface area contributed by atoms with E-state index in [2.05, 4.69) is 15.3 Å². The topological polar surface area (TPSA) is 78.4 Å². The molecule has 2 N–H and O–H groups in total. The van der Waals surface area contributed by atoms with Gasteiger partial charge in [0, 0.05) is 24.2 Å². The van der Waals surface area contributed by atoms with Crippen molar-refractivity contribution in [2.75, 3.05) is 18.4 Å². The molecular formula is C26H30F2N4O2. The van der Waals surface area contributed by atoms with Crippen molar-refractivity contribution in [3.63, 3.8) is 0 Å². The molecule has 5 aliphatic rings. The van der Waals surface area contributed by atoms with Crippen molar-refractivity contribution in [1.82, 2.24) is 14.9 Å². The van der Waals surface area contributed by atoms with Gasteiger partial charge in [-0.2, -0.15) is 0 Å². The molecular weight excluding hydrogens is 438 g/mol. The van der Waals surface area contributed by atoms with Gasteiger partial charge in [0.15, 0.2) is 11.6 Å². The Morgan fingerprint density at radius 2 is 1.82 bits per heavy atom. The van der Waals surface area contributed by atoms with Gasteiger partial charge in [-0.25, -0.2) is 18.7 Å². The van der Waals surface area contributed by atoms with E-state index < -0.39 is 17.7 Å². The predicted molar refractivity (Wildman–Crippen MR) is 122 cm³/mol. The van der Waals surface area contributed by atoms with Gasteiger partial charge in [-0.15, -0.1) is 0 Å². The van der Waals surface area contributed by atoms with E-state index in [9.17, 15) is 18.7 Å². The number of carbonyl (C=O) groups is 1. The Kier molecular flexibility index (Phi) is 5.32. The molecule has 2 heterocycles. The van der Waals surface area contributed by atoms with Crippen LogP contribution in [0.3, 0.4) is 0 Å². The van der Waals surface area contributed by atoms with Crippen LogP contribution >= 0.6 is 0 Å². The predicted octanol–water partition coefficient (Wildman–Crippen LogP) is 3.94. The fourth-order valence-corrected chi connectivity index (χ4v) is 7.49. The average Bonchev–Trinajstić information content (AvgIpc) is 2.82. The first-order valence-corrected chi connectivity index (χ1v) is 12.4. The highest BCUT2D eigenvalue weighted by Gasteiger charge is 2.53. The lowest BCUT2D eigenvalue weighted by Crippen LogP contribution is -2.53. The molecule has 1 atom stereocenters. The minimum atomic E-state index is -1.03. The Hall–Kier alpha value is -2.61. The zero-order valence-electron chi connectivity index (χ0n) is 19.1. The molecule has 1 amide bonds. The van der Waals surface area contributed by atoms with Crippen LogP contribution in [0.4, 0.5) is 14.6 Å². The van der Waals surface area contributed by atoms with E-state index in [1.807, 2.05) is 0 Å². The normalized spacial score (nSPS) is 30.2. The molecule has 7 rings (SSSR count). The number of halogens is 2. The molecule has 8 heteroatoms. The van der Waals surface area contributed by atoms with Gasteiger partial charge >= 0.3 is 0 Å². The third-order valence-corrected chi connectivity index (χ3v) is 8.72. The van der Waals surface area contributed by atoms with Gasteiger partial charge in [0.25, 0.3) is 5.91 Å². The molecule has 0 spiro atoms. The number of benzene rings is 1. The average molecular weight is 469 g/mol. The third-order valence-electron chi connectivity index (χ3n) is 8.72. The van der Waals surface area contributed by atoms with Gasteiger partial charge in [-0.05, 0) is 86.3 Å². The zero-order chi connectivity index (χ0) is 23.4. The van der Waals surface area contributed by atoms with Crippen LogP contribution in [0.1, 0.15) is 60.1 Å². The quantitative estimate of drug-likeness (QED) is 0.695. The van der Waals surface area contributed by atoms with Gasteiger partial charge in [0.2, 0.25) is 0 Å². The number of amides is 1. The van der Waals surface area contributed by atoms with Gasteiger partial charge < -0.3 is 15.3 Å². The number of hydrogen-bond acceptors (Lipinski definition) is 5. The number of aliphatic hydroxyl groups excluding tert-OH is 1. The van der Waals surface area contributed by atoms with Crippen molar-refractivity contribution >= 4 is 11.7 Å². The standard InChI is InChI=1S/C26H30F2N4O2/c27-20-2-1-18(8-21(20)28)25(34)32-4-3-19-22(13-32)30-14-31-24(19)29-12-23(33)26-9-15-5-16(10-26)7-17(6-15)11-26/h1-2,8,14-17,23,33H,3-7,9-13H2,(H,29,30,31). The van der Waals surface area contributed by atoms with Crippen molar-refractivity contribution in [2.24, 2.45) is 23.2 Å². The number of nitrogens with zero attached hydrogens (tertiary/aromatic N) is 3. The Morgan fingerprint density at radius 3 is 2.50 bits per heavy atom. The highest BCUT2D eigenvalue weighted by molar-refractivity contribution is 5.94. The summed E-state index contributed by atoms with van der Waals surface area (Å²) in [5, 5.41) is 14.6. The molecule has 1 unspecified atom stereocenters. The van der Waals surface area contributed by atoms with Crippen LogP contribution in [0.25, 0.3) is 0 Å². The highest BCUT2D eigenvalue weighted by Crippen LogP contribution is 2.61. The Balaban J connectivity index is 1.14. The van der Waals surface area contributed by atoms with Crippen LogP contribution in [0.15, 0.2) is 24.5 Å². The molecule has 4 fully saturated rings. The number of carbonyl (C=O) groups excluding carboxylic acids is 1. The largest absolute Gasteiger partial charge is 0.391 e. The summed E-state index contributed by atoms with van der Waals surface area (Å²) in [6, 6.07) is 3.21. The van der Waals surface area contributed by atoms with E-state index in [-0.39, 0.29) is 23.4 Å². The van der Waals surface area contributed by atoms with Gasteiger partial charge in [0.05, 0.1) is 18.3 Å². The van der Waals surface area contributed by atoms with Crippen molar-refractivity contribution in [3.05, 3.63) is 53.0 Å². The van der Waals surface area contributed by atoms with Crippen LogP contribution in [-0.2, 0) is 13.0 Å². The summed E-state index contributed by atoms with van der Waals surface area (Å²) >= 11 is 0. The van der Waals surface area contributed by atoms with E-state index in [0.29, 0.717) is 25.3 Å². The molecule has 1 aromatic carbocycles. The molecule has 0 radical (unpaired) electrons. The lowest BCUT2D eigenvalue weighted by Gasteiger charge is -2.58. The van der Waals surface area contributed by atoms with Crippen molar-refractivity contribution in [2.45, 2.75) is 57.6 Å². The number of fused-ring (bicyclic) bond motifs is 1. The van der Waals surface area contributed by atoms with Crippen LogP contribution in [0, 0.1) is 34.8 Å². The second-order valence-electron chi connectivity index (χ2n) is 10.9. The van der Waals surface area contributed by atoms with Crippen molar-refractivity contribution < 1.29 is 18.7 Å². The summed E-state index contributed by atoms with van der Waals surface area (Å²) in [6.45, 7) is 1.18. The second kappa shape index (κ2) is 8.26. The molecule has 1 aliphatic heterocycles. The maximum absolute atomic E-state index is 13.6. The molecule has 6 nitrogen and oxygen atoms in total. The molecule has 4 aliphatic carbocycles. The van der Waals surface area contributed by atoms with Crippen LogP contribution in [0.2, 0.25) is 0 Å². The second-order valence-corrected chi connectivity index (χ2v) is 10.9.